The summed E-state index contributed by atoms with van der Waals surface area (Å²) in [5.74, 6) is -3.36. The zero-order valence-corrected chi connectivity index (χ0v) is 28.6. The van der Waals surface area contributed by atoms with Gasteiger partial charge in [0.2, 0.25) is 0 Å². The normalized spacial score (nSPS) is 14.1. The second-order valence-electron chi connectivity index (χ2n) is 10.1. The minimum atomic E-state index is -1.09. The van der Waals surface area contributed by atoms with Crippen LogP contribution in [-0.2, 0) is 18.9 Å². The summed E-state index contributed by atoms with van der Waals surface area (Å²) in [6.45, 7) is 0.857. The molecule has 0 bridgehead atoms. The number of ketones is 2. The molecular formula is C35H33Br2F3O10. The van der Waals surface area contributed by atoms with E-state index in [1.165, 1.54) is 12.1 Å². The van der Waals surface area contributed by atoms with Crippen LogP contribution in [0.3, 0.4) is 0 Å². The second kappa shape index (κ2) is 19.7. The summed E-state index contributed by atoms with van der Waals surface area (Å²) in [6.07, 6.45) is -0.834. The van der Waals surface area contributed by atoms with Gasteiger partial charge in [0, 0.05) is 31.2 Å². The lowest BCUT2D eigenvalue weighted by Gasteiger charge is -2.14. The molecule has 0 atom stereocenters. The Morgan fingerprint density at radius 1 is 0.660 bits per heavy atom. The molecule has 2 heterocycles. The van der Waals surface area contributed by atoms with Crippen molar-refractivity contribution in [3.05, 3.63) is 121 Å². The molecule has 3 N–H and O–H groups in total. The van der Waals surface area contributed by atoms with Crippen LogP contribution in [-0.4, -0.2) is 66.5 Å². The molecule has 268 valence electrons. The summed E-state index contributed by atoms with van der Waals surface area (Å²) in [4.78, 5) is 22.1. The van der Waals surface area contributed by atoms with Crippen molar-refractivity contribution >= 4 is 43.4 Å². The van der Waals surface area contributed by atoms with Gasteiger partial charge in [-0.05, 0) is 72.8 Å². The van der Waals surface area contributed by atoms with Crippen LogP contribution in [0.15, 0.2) is 81.7 Å². The zero-order chi connectivity index (χ0) is 35.5. The first-order valence-corrected chi connectivity index (χ1v) is 16.0. The van der Waals surface area contributed by atoms with Gasteiger partial charge in [0.05, 0.1) is 26.4 Å². The lowest BCUT2D eigenvalue weighted by molar-refractivity contribution is -0.0449. The van der Waals surface area contributed by atoms with Crippen molar-refractivity contribution in [1.29, 1.82) is 0 Å². The molecule has 2 aliphatic rings. The van der Waals surface area contributed by atoms with Crippen molar-refractivity contribution in [2.75, 3.05) is 39.6 Å². The fourth-order valence-corrected chi connectivity index (χ4v) is 5.16. The average Bonchev–Trinajstić information content (AvgIpc) is 3.84. The summed E-state index contributed by atoms with van der Waals surface area (Å²) < 4.78 is 67.7. The number of hydrogen-bond donors (Lipinski definition) is 3. The largest absolute Gasteiger partial charge is 0.508 e. The van der Waals surface area contributed by atoms with E-state index in [9.17, 15) is 27.9 Å². The molecule has 10 nitrogen and oxygen atoms in total. The molecule has 0 saturated carbocycles. The number of carbonyl (C=O) groups is 2. The Morgan fingerprint density at radius 3 is 1.64 bits per heavy atom. The Kier molecular flexibility index (Phi) is 16.0. The number of phenolic OH excluding ortho intramolecular Hbond substituents is 1. The highest BCUT2D eigenvalue weighted by Gasteiger charge is 2.22. The van der Waals surface area contributed by atoms with E-state index in [4.69, 9.17) is 33.9 Å². The smallest absolute Gasteiger partial charge is 0.188 e. The van der Waals surface area contributed by atoms with Crippen LogP contribution < -0.4 is 4.74 Å². The summed E-state index contributed by atoms with van der Waals surface area (Å²) in [7, 11) is 0. The predicted octanol–water partition coefficient (Wildman–Crippen LogP) is 7.58. The van der Waals surface area contributed by atoms with Crippen LogP contribution in [0.2, 0.25) is 0 Å². The van der Waals surface area contributed by atoms with E-state index in [2.05, 4.69) is 31.9 Å². The van der Waals surface area contributed by atoms with Crippen molar-refractivity contribution in [2.45, 2.75) is 20.0 Å². The topological polar surface area (TPSA) is 141 Å². The minimum Gasteiger partial charge on any atom is -0.508 e. The van der Waals surface area contributed by atoms with Gasteiger partial charge >= 0.3 is 0 Å². The monoisotopic (exact) mass is 828 g/mol. The third-order valence-corrected chi connectivity index (χ3v) is 8.15. The third kappa shape index (κ3) is 11.2. The number of ether oxygens (including phenoxy) is 5. The SMILES string of the molecule is C.O=C(CO)c1ccc(F)c(F)c1.O=C(CO)c1ccc(Oc2ccc(Br)c(C3OCCO3)c2)c(F)c1.Oc1ccc(Br)c(C2OCCO2)c1. The summed E-state index contributed by atoms with van der Waals surface area (Å²) in [5, 5.41) is 26.5. The molecule has 0 aliphatic carbocycles. The maximum absolute atomic E-state index is 14.1. The molecule has 0 unspecified atom stereocenters. The molecule has 4 aromatic carbocycles. The first kappa shape index (κ1) is 40.8. The highest BCUT2D eigenvalue weighted by atomic mass is 79.9. The van der Waals surface area contributed by atoms with Crippen molar-refractivity contribution < 1.29 is 61.8 Å². The van der Waals surface area contributed by atoms with Crippen LogP contribution in [0.1, 0.15) is 51.8 Å². The Labute approximate surface area is 302 Å². The molecule has 6 rings (SSSR count). The lowest BCUT2D eigenvalue weighted by Crippen LogP contribution is -2.05. The Balaban J connectivity index is 0.000000220. The van der Waals surface area contributed by atoms with Crippen molar-refractivity contribution in [3.63, 3.8) is 0 Å². The van der Waals surface area contributed by atoms with Gasteiger partial charge in [0.25, 0.3) is 0 Å². The molecule has 2 saturated heterocycles. The summed E-state index contributed by atoms with van der Waals surface area (Å²) >= 11 is 6.79. The van der Waals surface area contributed by atoms with E-state index >= 15 is 0 Å². The fraction of sp³-hybridized carbons (Fsp3) is 0.257. The van der Waals surface area contributed by atoms with Gasteiger partial charge in [-0.25, -0.2) is 13.2 Å². The van der Waals surface area contributed by atoms with E-state index in [0.29, 0.717) is 32.2 Å². The predicted molar refractivity (Wildman–Crippen MR) is 182 cm³/mol. The van der Waals surface area contributed by atoms with Gasteiger partial charge in [-0.2, -0.15) is 0 Å². The first-order valence-electron chi connectivity index (χ1n) is 14.5. The Hall–Kier alpha value is -3.67. The van der Waals surface area contributed by atoms with Crippen LogP contribution in [0.25, 0.3) is 0 Å². The van der Waals surface area contributed by atoms with E-state index in [1.807, 2.05) is 0 Å². The summed E-state index contributed by atoms with van der Waals surface area (Å²) in [6, 6.07) is 16.7. The Morgan fingerprint density at radius 2 is 1.14 bits per heavy atom. The van der Waals surface area contributed by atoms with Crippen LogP contribution in [0.4, 0.5) is 13.2 Å². The maximum atomic E-state index is 14.1. The molecule has 15 heteroatoms. The van der Waals surface area contributed by atoms with E-state index in [0.717, 1.165) is 44.3 Å². The number of benzene rings is 4. The number of aliphatic hydroxyl groups is 2. The standard InChI is InChI=1S/C17H14BrFO5.C9H9BrO3.C8H6F2O2.CH4/c18-13-3-2-11(8-12(13)17-22-5-6-23-17)24-16-4-1-10(7-14(16)19)15(21)9-20;10-8-2-1-6(11)5-7(8)9-12-3-4-13-9;9-6-2-1-5(3-7(6)10)8(12)4-11;/h1-4,7-8,17,20H,5-6,9H2;1-2,5,9,11H,3-4H2;1-3,11H,4H2;1H4. The van der Waals surface area contributed by atoms with Crippen molar-refractivity contribution in [3.8, 4) is 17.2 Å². The number of aromatic hydroxyl groups is 1. The number of hydrogen-bond acceptors (Lipinski definition) is 10. The van der Waals surface area contributed by atoms with E-state index in [-0.39, 0.29) is 36.3 Å². The number of carbonyl (C=O) groups excluding carboxylic acids is 2. The molecule has 0 aromatic heterocycles. The van der Waals surface area contributed by atoms with Gasteiger partial charge in [-0.3, -0.25) is 9.59 Å². The molecule has 50 heavy (non-hydrogen) atoms. The number of Topliss-reactive ketones (excluding diaryl/α,β-unsaturated/α-hetero) is 2. The third-order valence-electron chi connectivity index (χ3n) is 6.71. The van der Waals surface area contributed by atoms with Crippen molar-refractivity contribution in [2.24, 2.45) is 0 Å². The molecular weight excluding hydrogens is 797 g/mol. The molecule has 2 fully saturated rings. The number of rotatable bonds is 8. The molecule has 0 amide bonds. The molecule has 0 spiro atoms. The first-order chi connectivity index (χ1) is 23.5. The number of aliphatic hydroxyl groups excluding tert-OH is 2. The van der Waals surface area contributed by atoms with E-state index in [1.54, 1.807) is 36.4 Å². The maximum Gasteiger partial charge on any atom is 0.188 e. The van der Waals surface area contributed by atoms with Gasteiger partial charge in [-0.1, -0.05) is 39.3 Å². The highest BCUT2D eigenvalue weighted by Crippen LogP contribution is 2.35. The van der Waals surface area contributed by atoms with E-state index < -0.39 is 48.5 Å². The van der Waals surface area contributed by atoms with Crippen LogP contribution in [0, 0.1) is 17.5 Å². The number of halogens is 5. The van der Waals surface area contributed by atoms with Gasteiger partial charge < -0.3 is 39.0 Å². The average molecular weight is 830 g/mol. The summed E-state index contributed by atoms with van der Waals surface area (Å²) in [5.41, 5.74) is 1.64. The number of phenols is 1. The molecule has 4 aromatic rings. The molecule has 2 aliphatic heterocycles. The highest BCUT2D eigenvalue weighted by molar-refractivity contribution is 9.10. The van der Waals surface area contributed by atoms with Gasteiger partial charge in [0.15, 0.2) is 47.3 Å². The van der Waals surface area contributed by atoms with Crippen LogP contribution in [0.5, 0.6) is 17.2 Å². The molecule has 0 radical (unpaired) electrons. The van der Waals surface area contributed by atoms with Crippen LogP contribution >= 0.6 is 31.9 Å². The van der Waals surface area contributed by atoms with Crippen molar-refractivity contribution in [1.82, 2.24) is 0 Å². The zero-order valence-electron chi connectivity index (χ0n) is 25.4. The fourth-order valence-electron chi connectivity index (χ4n) is 4.29. The quantitative estimate of drug-likeness (QED) is 0.152. The second-order valence-corrected chi connectivity index (χ2v) is 11.8. The lowest BCUT2D eigenvalue weighted by atomic mass is 10.1. The Bertz CT molecular complexity index is 1760. The minimum absolute atomic E-state index is 0. The van der Waals surface area contributed by atoms with Gasteiger partial charge in [0.1, 0.15) is 24.7 Å². The van der Waals surface area contributed by atoms with Gasteiger partial charge in [-0.15, -0.1) is 0 Å².